The van der Waals surface area contributed by atoms with Gasteiger partial charge in [-0.15, -0.1) is 11.3 Å². The number of nitrogens with one attached hydrogen (secondary N) is 2. The maximum absolute atomic E-state index is 13.6. The first-order valence-corrected chi connectivity index (χ1v) is 14.1. The van der Waals surface area contributed by atoms with Crippen molar-refractivity contribution in [1.82, 2.24) is 20.5 Å². The summed E-state index contributed by atoms with van der Waals surface area (Å²) in [5.41, 5.74) is 12.7. The van der Waals surface area contributed by atoms with Crippen molar-refractivity contribution in [1.29, 1.82) is 0 Å². The van der Waals surface area contributed by atoms with Crippen LogP contribution in [0, 0.1) is 0 Å². The lowest BCUT2D eigenvalue weighted by molar-refractivity contribution is -0.140. The van der Waals surface area contributed by atoms with Gasteiger partial charge < -0.3 is 32.1 Å². The molecule has 0 saturated carbocycles. The lowest BCUT2D eigenvalue weighted by atomic mass is 10.0. The van der Waals surface area contributed by atoms with E-state index in [1.54, 1.807) is 11.9 Å². The van der Waals surface area contributed by atoms with E-state index < -0.39 is 24.2 Å². The first kappa shape index (κ1) is 28.5. The topological polar surface area (TPSA) is 159 Å². The van der Waals surface area contributed by atoms with Crippen LogP contribution in [0.4, 0.5) is 0 Å². The molecule has 2 heterocycles. The third-order valence-electron chi connectivity index (χ3n) is 7.01. The van der Waals surface area contributed by atoms with Gasteiger partial charge in [-0.1, -0.05) is 42.5 Å². The van der Waals surface area contributed by atoms with Crippen molar-refractivity contribution in [2.24, 2.45) is 16.5 Å². The number of nitrogens with two attached hydrogens (primary N) is 2. The Balaban J connectivity index is 1.48. The van der Waals surface area contributed by atoms with Crippen molar-refractivity contribution >= 4 is 39.3 Å². The predicted molar refractivity (Wildman–Crippen MR) is 154 cm³/mol. The van der Waals surface area contributed by atoms with Crippen LogP contribution in [-0.2, 0) is 16.0 Å². The van der Waals surface area contributed by atoms with Gasteiger partial charge in [0.05, 0.1) is 22.3 Å². The molecular weight excluding hydrogens is 514 g/mol. The van der Waals surface area contributed by atoms with Crippen LogP contribution >= 0.6 is 11.3 Å². The highest BCUT2D eigenvalue weighted by molar-refractivity contribution is 7.18. The molecule has 0 unspecified atom stereocenters. The number of amides is 2. The highest BCUT2D eigenvalue weighted by atomic mass is 32.1. The molecule has 7 N–H and O–H groups in total. The van der Waals surface area contributed by atoms with Gasteiger partial charge >= 0.3 is 0 Å². The Morgan fingerprint density at radius 1 is 1.18 bits per heavy atom. The van der Waals surface area contributed by atoms with Crippen molar-refractivity contribution in [3.05, 3.63) is 65.2 Å². The van der Waals surface area contributed by atoms with Crippen LogP contribution in [0.3, 0.4) is 0 Å². The van der Waals surface area contributed by atoms with Crippen molar-refractivity contribution in [3.8, 4) is 0 Å². The first-order valence-electron chi connectivity index (χ1n) is 13.3. The van der Waals surface area contributed by atoms with E-state index in [4.69, 9.17) is 11.5 Å². The highest BCUT2D eigenvalue weighted by Crippen LogP contribution is 2.30. The van der Waals surface area contributed by atoms with E-state index in [1.165, 1.54) is 11.3 Å². The number of aliphatic hydroxyl groups is 1. The van der Waals surface area contributed by atoms with Gasteiger partial charge in [0.1, 0.15) is 17.2 Å². The summed E-state index contributed by atoms with van der Waals surface area (Å²) in [5, 5.41) is 18.0. The number of carbonyl (C=O) groups excluding carboxylic acids is 2. The van der Waals surface area contributed by atoms with E-state index in [0.29, 0.717) is 43.8 Å². The minimum Gasteiger partial charge on any atom is -0.384 e. The van der Waals surface area contributed by atoms with Crippen LogP contribution in [0.5, 0.6) is 0 Å². The molecule has 1 aliphatic rings. The van der Waals surface area contributed by atoms with Crippen molar-refractivity contribution in [2.75, 3.05) is 20.1 Å². The van der Waals surface area contributed by atoms with E-state index in [1.807, 2.05) is 54.6 Å². The quantitative estimate of drug-likeness (QED) is 0.130. The van der Waals surface area contributed by atoms with Crippen molar-refractivity contribution < 1.29 is 14.7 Å². The number of aliphatic imine (C=N–C) groups is 1. The van der Waals surface area contributed by atoms with Crippen LogP contribution in [0.15, 0.2) is 59.6 Å². The summed E-state index contributed by atoms with van der Waals surface area (Å²) >= 11 is 1.40. The van der Waals surface area contributed by atoms with Crippen LogP contribution in [0.1, 0.15) is 42.4 Å². The summed E-state index contributed by atoms with van der Waals surface area (Å²) in [6.45, 7) is 0.887. The largest absolute Gasteiger partial charge is 0.384 e. The monoisotopic (exact) mass is 551 g/mol. The number of benzene rings is 2. The number of rotatable bonds is 12. The normalized spacial score (nSPS) is 17.5. The third-order valence-corrected chi connectivity index (χ3v) is 8.11. The van der Waals surface area contributed by atoms with E-state index in [2.05, 4.69) is 20.6 Å². The Morgan fingerprint density at radius 3 is 2.64 bits per heavy atom. The summed E-state index contributed by atoms with van der Waals surface area (Å²) in [6.07, 6.45) is 1.81. The Hall–Kier alpha value is -3.54. The molecule has 1 aliphatic heterocycles. The minimum atomic E-state index is -1.01. The number of carbonyl (C=O) groups is 2. The lowest BCUT2D eigenvalue weighted by Gasteiger charge is -2.30. The zero-order valence-electron chi connectivity index (χ0n) is 22.1. The summed E-state index contributed by atoms with van der Waals surface area (Å²) in [6, 6.07) is 15.8. The lowest BCUT2D eigenvalue weighted by Crippen LogP contribution is -2.54. The maximum atomic E-state index is 13.6. The van der Waals surface area contributed by atoms with Gasteiger partial charge in [0.25, 0.3) is 0 Å². The zero-order valence-corrected chi connectivity index (χ0v) is 22.9. The zero-order chi connectivity index (χ0) is 27.8. The van der Waals surface area contributed by atoms with Crippen molar-refractivity contribution in [2.45, 2.75) is 56.3 Å². The third kappa shape index (κ3) is 7.31. The average molecular weight is 552 g/mol. The molecule has 10 nitrogen and oxygen atoms in total. The molecule has 0 aliphatic carbocycles. The predicted octanol–water partition coefficient (Wildman–Crippen LogP) is 1.69. The molecule has 4 atom stereocenters. The molecule has 0 radical (unpaired) electrons. The van der Waals surface area contributed by atoms with Gasteiger partial charge in [-0.2, -0.15) is 0 Å². The fourth-order valence-electron chi connectivity index (χ4n) is 4.96. The van der Waals surface area contributed by atoms with Crippen LogP contribution < -0.4 is 22.1 Å². The molecule has 3 aromatic rings. The Bertz CT molecular complexity index is 1250. The minimum absolute atomic E-state index is 0.00277. The van der Waals surface area contributed by atoms with Gasteiger partial charge in [-0.25, -0.2) is 4.98 Å². The molecule has 2 aromatic carbocycles. The number of hydrogen-bond acceptors (Lipinski definition) is 7. The smallest absolute Gasteiger partial charge is 0.243 e. The molecule has 0 bridgehead atoms. The van der Waals surface area contributed by atoms with Crippen molar-refractivity contribution in [3.63, 3.8) is 0 Å². The Morgan fingerprint density at radius 2 is 1.92 bits per heavy atom. The van der Waals surface area contributed by atoms with Gasteiger partial charge in [0, 0.05) is 13.1 Å². The van der Waals surface area contributed by atoms with Gasteiger partial charge in [0.15, 0.2) is 5.96 Å². The molecule has 1 saturated heterocycles. The van der Waals surface area contributed by atoms with E-state index >= 15 is 0 Å². The number of likely N-dealkylation sites (N-methyl/N-ethyl adjacent to an activating group) is 1. The second kappa shape index (κ2) is 13.5. The number of para-hydroxylation sites is 1. The summed E-state index contributed by atoms with van der Waals surface area (Å²) in [7, 11) is 1.76. The number of likely N-dealkylation sites (tertiary alicyclic amines) is 1. The number of nitrogens with zero attached hydrogens (tertiary/aromatic N) is 3. The molecule has 1 fully saturated rings. The number of thiazole rings is 1. The maximum Gasteiger partial charge on any atom is 0.243 e. The summed E-state index contributed by atoms with van der Waals surface area (Å²) in [5.74, 6) is -0.380. The molecule has 4 rings (SSSR count). The van der Waals surface area contributed by atoms with Crippen LogP contribution in [0.2, 0.25) is 0 Å². The fourth-order valence-corrected chi connectivity index (χ4v) is 5.98. The van der Waals surface area contributed by atoms with Gasteiger partial charge in [-0.05, 0) is 56.8 Å². The highest BCUT2D eigenvalue weighted by Gasteiger charge is 2.38. The summed E-state index contributed by atoms with van der Waals surface area (Å²) in [4.78, 5) is 37.3. The van der Waals surface area contributed by atoms with E-state index in [-0.39, 0.29) is 17.8 Å². The molecule has 208 valence electrons. The standard InChI is InChI=1S/C28H37N7O3S/c1-31-21(17-18-9-3-2-4-10-18)27(38)35-16-8-13-22(35)25(37)33-20(12-7-15-32-28(29)30)24(36)26-34-19-11-5-6-14-23(19)39-26/h2-6,9-11,14,20-22,24,31,36H,7-8,12-13,15-17H2,1H3,(H,33,37)(H4,29,30,32)/t20-,21+,22-,24-/m0/s1. The molecule has 2 amide bonds. The molecule has 39 heavy (non-hydrogen) atoms. The van der Waals surface area contributed by atoms with Gasteiger partial charge in [0.2, 0.25) is 11.8 Å². The number of hydrogen-bond donors (Lipinski definition) is 5. The molecule has 11 heteroatoms. The number of fused-ring (bicyclic) bond motifs is 1. The molecule has 0 spiro atoms. The van der Waals surface area contributed by atoms with Gasteiger partial charge in [-0.3, -0.25) is 14.6 Å². The van der Waals surface area contributed by atoms with E-state index in [9.17, 15) is 14.7 Å². The average Bonchev–Trinajstić information content (AvgIpc) is 3.61. The molecule has 1 aromatic heterocycles. The first-order chi connectivity index (χ1) is 18.9. The SMILES string of the molecule is CN[C@H](Cc1ccccc1)C(=O)N1CCC[C@H]1C(=O)N[C@@H](CCCN=C(N)N)[C@H](O)c1nc2ccccc2s1. The Kier molecular flexibility index (Phi) is 9.85. The molecular formula is C28H37N7O3S. The van der Waals surface area contributed by atoms with Crippen LogP contribution in [-0.4, -0.2) is 71.0 Å². The second-order valence-corrected chi connectivity index (χ2v) is 10.8. The second-order valence-electron chi connectivity index (χ2n) is 9.75. The number of guanidine groups is 1. The number of aromatic nitrogens is 1. The summed E-state index contributed by atoms with van der Waals surface area (Å²) < 4.78 is 0.959. The fraction of sp³-hybridized carbons (Fsp3) is 0.429. The number of aliphatic hydroxyl groups excluding tert-OH is 1. The van der Waals surface area contributed by atoms with E-state index in [0.717, 1.165) is 22.2 Å². The van der Waals surface area contributed by atoms with Crippen LogP contribution in [0.25, 0.3) is 10.2 Å². The Labute approximate surface area is 232 Å².